The van der Waals surface area contributed by atoms with E-state index in [2.05, 4.69) is 0 Å². The number of nitrogens with two attached hydrogens (primary N) is 1. The van der Waals surface area contributed by atoms with Crippen LogP contribution in [0.5, 0.6) is 11.5 Å². The molecule has 0 fully saturated rings. The van der Waals surface area contributed by atoms with Gasteiger partial charge in [0.2, 0.25) is 0 Å². The van der Waals surface area contributed by atoms with Gasteiger partial charge in [-0.2, -0.15) is 0 Å². The van der Waals surface area contributed by atoms with Gasteiger partial charge in [0.25, 0.3) is 0 Å². The van der Waals surface area contributed by atoms with Crippen LogP contribution >= 0.6 is 11.6 Å². The third-order valence-corrected chi connectivity index (χ3v) is 5.10. The summed E-state index contributed by atoms with van der Waals surface area (Å²) in [5.74, 6) is 1.53. The second kappa shape index (κ2) is 8.30. The minimum atomic E-state index is -0.942. The van der Waals surface area contributed by atoms with Crippen molar-refractivity contribution in [3.63, 3.8) is 0 Å². The second-order valence-corrected chi connectivity index (χ2v) is 7.93. The third-order valence-electron chi connectivity index (χ3n) is 4.31. The smallest absolute Gasteiger partial charge is 0.197 e. The molecule has 2 unspecified atom stereocenters. The van der Waals surface area contributed by atoms with E-state index in [0.717, 1.165) is 16.9 Å². The van der Waals surface area contributed by atoms with Crippen molar-refractivity contribution in [1.29, 1.82) is 0 Å². The highest BCUT2D eigenvalue weighted by Crippen LogP contribution is 2.40. The van der Waals surface area contributed by atoms with Crippen molar-refractivity contribution in [2.45, 2.75) is 45.6 Å². The highest BCUT2D eigenvalue weighted by atomic mass is 35.5. The quantitative estimate of drug-likeness (QED) is 0.417. The van der Waals surface area contributed by atoms with Crippen LogP contribution in [-0.4, -0.2) is 13.4 Å². The van der Waals surface area contributed by atoms with Gasteiger partial charge in [0, 0.05) is 0 Å². The van der Waals surface area contributed by atoms with Crippen LogP contribution in [0.3, 0.4) is 0 Å². The van der Waals surface area contributed by atoms with Crippen molar-refractivity contribution in [2.24, 2.45) is 11.1 Å². The Balaban J connectivity index is 1.91. The summed E-state index contributed by atoms with van der Waals surface area (Å²) in [5, 5.41) is 0. The normalized spacial score (nSPS) is 15.2. The molecule has 4 nitrogen and oxygen atoms in total. The van der Waals surface area contributed by atoms with Gasteiger partial charge in [-0.25, -0.2) is 0 Å². The summed E-state index contributed by atoms with van der Waals surface area (Å²) in [6.07, 6.45) is -0.385. The molecular formula is C21H28ClNO3. The monoisotopic (exact) mass is 377 g/mol. The molecule has 0 amide bonds. The maximum Gasteiger partial charge on any atom is 0.197 e. The lowest BCUT2D eigenvalue weighted by Gasteiger charge is -2.36. The summed E-state index contributed by atoms with van der Waals surface area (Å²) in [7, 11) is 1.65. The van der Waals surface area contributed by atoms with Crippen LogP contribution in [0.2, 0.25) is 0 Å². The molecule has 142 valence electrons. The van der Waals surface area contributed by atoms with Gasteiger partial charge < -0.3 is 19.9 Å². The maximum atomic E-state index is 6.54. The van der Waals surface area contributed by atoms with E-state index in [4.69, 9.17) is 31.5 Å². The molecule has 0 spiro atoms. The lowest BCUT2D eigenvalue weighted by atomic mass is 9.82. The van der Waals surface area contributed by atoms with Crippen LogP contribution in [0, 0.1) is 5.41 Å². The second-order valence-electron chi connectivity index (χ2n) is 7.33. The molecule has 0 aliphatic rings. The lowest BCUT2D eigenvalue weighted by Crippen LogP contribution is -2.43. The van der Waals surface area contributed by atoms with Gasteiger partial charge in [-0.1, -0.05) is 56.6 Å². The van der Waals surface area contributed by atoms with E-state index in [0.29, 0.717) is 12.4 Å². The first-order chi connectivity index (χ1) is 12.1. The van der Waals surface area contributed by atoms with Gasteiger partial charge >= 0.3 is 0 Å². The topological polar surface area (TPSA) is 53.7 Å². The van der Waals surface area contributed by atoms with E-state index in [-0.39, 0.29) is 11.7 Å². The van der Waals surface area contributed by atoms with Crippen molar-refractivity contribution in [2.75, 3.05) is 7.11 Å². The Kier molecular flexibility index (Phi) is 6.56. The van der Waals surface area contributed by atoms with E-state index in [9.17, 15) is 0 Å². The van der Waals surface area contributed by atoms with Gasteiger partial charge in [-0.15, -0.1) is 0 Å². The van der Waals surface area contributed by atoms with Gasteiger partial charge in [-0.3, -0.25) is 0 Å². The summed E-state index contributed by atoms with van der Waals surface area (Å²) in [6, 6.07) is 15.2. The van der Waals surface area contributed by atoms with Crippen LogP contribution in [-0.2, 0) is 16.3 Å². The predicted octanol–water partition coefficient (Wildman–Crippen LogP) is 5.03. The Morgan fingerprint density at radius 1 is 0.962 bits per heavy atom. The molecule has 0 aliphatic heterocycles. The Bertz CT molecular complexity index is 691. The fourth-order valence-electron chi connectivity index (χ4n) is 2.37. The third kappa shape index (κ3) is 5.13. The molecule has 2 N–H and O–H groups in total. The average Bonchev–Trinajstić information content (AvgIpc) is 2.60. The lowest BCUT2D eigenvalue weighted by molar-refractivity contribution is -0.0759. The van der Waals surface area contributed by atoms with E-state index < -0.39 is 5.00 Å². The number of rotatable bonds is 7. The molecule has 0 saturated heterocycles. The zero-order valence-corrected chi connectivity index (χ0v) is 16.8. The van der Waals surface area contributed by atoms with Crippen molar-refractivity contribution in [1.82, 2.24) is 0 Å². The molecular weight excluding hydrogens is 350 g/mol. The first-order valence-corrected chi connectivity index (χ1v) is 9.01. The summed E-state index contributed by atoms with van der Waals surface area (Å²) in [5.41, 5.74) is 7.92. The van der Waals surface area contributed by atoms with Crippen molar-refractivity contribution >= 4 is 11.6 Å². The minimum Gasteiger partial charge on any atom is -0.497 e. The molecule has 0 saturated carbocycles. The molecule has 0 radical (unpaired) electrons. The molecule has 2 aromatic carbocycles. The molecule has 26 heavy (non-hydrogen) atoms. The average molecular weight is 378 g/mol. The Morgan fingerprint density at radius 2 is 1.50 bits per heavy atom. The summed E-state index contributed by atoms with van der Waals surface area (Å²) >= 11 is 6.54. The van der Waals surface area contributed by atoms with Crippen LogP contribution in [0.15, 0.2) is 48.5 Å². The van der Waals surface area contributed by atoms with Crippen LogP contribution in [0.4, 0.5) is 0 Å². The molecule has 0 heterocycles. The van der Waals surface area contributed by atoms with Gasteiger partial charge in [0.15, 0.2) is 6.29 Å². The molecule has 2 aromatic rings. The highest BCUT2D eigenvalue weighted by Gasteiger charge is 2.37. The summed E-state index contributed by atoms with van der Waals surface area (Å²) in [4.78, 5) is -0.942. The van der Waals surface area contributed by atoms with Crippen LogP contribution in [0.1, 0.15) is 38.8 Å². The van der Waals surface area contributed by atoms with Crippen molar-refractivity contribution in [3.8, 4) is 11.5 Å². The molecule has 5 heteroatoms. The number of ether oxygens (including phenoxy) is 3. The fraction of sp³-hybridized carbons (Fsp3) is 0.429. The first-order valence-electron chi connectivity index (χ1n) is 8.63. The predicted molar refractivity (Wildman–Crippen MR) is 105 cm³/mol. The van der Waals surface area contributed by atoms with E-state index in [1.807, 2.05) is 76.2 Å². The molecule has 2 atom stereocenters. The molecule has 2 rings (SSSR count). The summed E-state index contributed by atoms with van der Waals surface area (Å²) < 4.78 is 16.7. The standard InChI is InChI=1S/C21H28ClNO3/c1-15(25-14-16-6-10-18(24-5)11-7-16)26-19-12-8-17(9-13-19)21(22,23)20(2,3)4/h6-13,15H,14,23H2,1-5H3. The zero-order valence-electron chi connectivity index (χ0n) is 16.1. The van der Waals surface area contributed by atoms with Crippen LogP contribution < -0.4 is 15.2 Å². The maximum absolute atomic E-state index is 6.54. The Hall–Kier alpha value is -1.75. The number of methoxy groups -OCH3 is 1. The fourth-order valence-corrected chi connectivity index (χ4v) is 2.50. The van der Waals surface area contributed by atoms with Gasteiger partial charge in [0.1, 0.15) is 16.5 Å². The molecule has 0 aliphatic carbocycles. The largest absolute Gasteiger partial charge is 0.497 e. The number of hydrogen-bond acceptors (Lipinski definition) is 4. The van der Waals surface area contributed by atoms with Crippen LogP contribution in [0.25, 0.3) is 0 Å². The van der Waals surface area contributed by atoms with Crippen molar-refractivity contribution < 1.29 is 14.2 Å². The van der Waals surface area contributed by atoms with E-state index in [1.165, 1.54) is 0 Å². The molecule has 0 aromatic heterocycles. The van der Waals surface area contributed by atoms with Gasteiger partial charge in [-0.05, 0) is 47.7 Å². The number of benzene rings is 2. The van der Waals surface area contributed by atoms with E-state index in [1.54, 1.807) is 7.11 Å². The van der Waals surface area contributed by atoms with E-state index >= 15 is 0 Å². The SMILES string of the molecule is COc1ccc(COC(C)Oc2ccc(C(N)(Cl)C(C)(C)C)cc2)cc1. The number of hydrogen-bond donors (Lipinski definition) is 1. The van der Waals surface area contributed by atoms with Crippen molar-refractivity contribution in [3.05, 3.63) is 59.7 Å². The molecule has 0 bridgehead atoms. The van der Waals surface area contributed by atoms with Gasteiger partial charge in [0.05, 0.1) is 13.7 Å². The Labute approximate surface area is 161 Å². The highest BCUT2D eigenvalue weighted by molar-refractivity contribution is 6.24. The number of halogens is 1. The number of alkyl halides is 1. The first kappa shape index (κ1) is 20.6. The minimum absolute atomic E-state index is 0.272. The zero-order chi connectivity index (χ0) is 19.4. The summed E-state index contributed by atoms with van der Waals surface area (Å²) in [6.45, 7) is 8.36. The Morgan fingerprint density at radius 3 is 2.00 bits per heavy atom.